The first kappa shape index (κ1) is 19.8. The maximum atomic E-state index is 12.9. The number of aromatic nitrogens is 1. The van der Waals surface area contributed by atoms with Gasteiger partial charge in [-0.2, -0.15) is 13.2 Å². The Morgan fingerprint density at radius 1 is 1.14 bits per heavy atom. The molecule has 0 fully saturated rings. The SMILES string of the molecule is CC(Cl)OC(=O)c1ccc2c(N)c(C(=O)c3cccc(C(F)(F)F)c3)[nH]c2c1. The number of hydrogen-bond donors (Lipinski definition) is 2. The average molecular weight is 411 g/mol. The maximum Gasteiger partial charge on any atom is 0.416 e. The van der Waals surface area contributed by atoms with E-state index in [4.69, 9.17) is 22.1 Å². The minimum absolute atomic E-state index is 0.0643. The van der Waals surface area contributed by atoms with Gasteiger partial charge in [0.15, 0.2) is 5.56 Å². The lowest BCUT2D eigenvalue weighted by molar-refractivity contribution is -0.137. The zero-order chi connectivity index (χ0) is 20.6. The van der Waals surface area contributed by atoms with Crippen molar-refractivity contribution in [2.24, 2.45) is 0 Å². The van der Waals surface area contributed by atoms with Gasteiger partial charge in [-0.1, -0.05) is 23.7 Å². The van der Waals surface area contributed by atoms with Crippen molar-refractivity contribution >= 4 is 39.9 Å². The van der Waals surface area contributed by atoms with Crippen LogP contribution in [0.5, 0.6) is 0 Å². The largest absolute Gasteiger partial charge is 0.443 e. The molecule has 0 aliphatic carbocycles. The number of hydrogen-bond acceptors (Lipinski definition) is 4. The van der Waals surface area contributed by atoms with Gasteiger partial charge in [0.25, 0.3) is 0 Å². The quantitative estimate of drug-likeness (QED) is 0.369. The van der Waals surface area contributed by atoms with E-state index in [1.807, 2.05) is 0 Å². The molecule has 0 aliphatic rings. The number of anilines is 1. The Bertz CT molecular complexity index is 1070. The topological polar surface area (TPSA) is 85.2 Å². The van der Waals surface area contributed by atoms with E-state index in [2.05, 4.69) is 4.98 Å². The van der Waals surface area contributed by atoms with Crippen LogP contribution < -0.4 is 5.73 Å². The number of alkyl halides is 4. The first-order valence-corrected chi connectivity index (χ1v) is 8.50. The summed E-state index contributed by atoms with van der Waals surface area (Å²) >= 11 is 5.63. The molecule has 3 aromatic rings. The van der Waals surface area contributed by atoms with E-state index in [9.17, 15) is 22.8 Å². The summed E-state index contributed by atoms with van der Waals surface area (Å²) < 4.78 is 43.6. The Kier molecular flexibility index (Phi) is 5.08. The van der Waals surface area contributed by atoms with E-state index in [1.54, 1.807) is 0 Å². The van der Waals surface area contributed by atoms with Gasteiger partial charge < -0.3 is 15.5 Å². The number of nitrogens with two attached hydrogens (primary N) is 1. The van der Waals surface area contributed by atoms with E-state index in [-0.39, 0.29) is 22.5 Å². The fraction of sp³-hybridized carbons (Fsp3) is 0.158. The zero-order valence-corrected chi connectivity index (χ0v) is 15.2. The highest BCUT2D eigenvalue weighted by molar-refractivity contribution is 6.20. The van der Waals surface area contributed by atoms with Gasteiger partial charge in [0.2, 0.25) is 5.78 Å². The molecule has 1 heterocycles. The van der Waals surface area contributed by atoms with Gasteiger partial charge in [-0.15, -0.1) is 0 Å². The summed E-state index contributed by atoms with van der Waals surface area (Å²) in [5, 5.41) is 0.450. The van der Waals surface area contributed by atoms with Gasteiger partial charge in [-0.25, -0.2) is 4.79 Å². The highest BCUT2D eigenvalue weighted by atomic mass is 35.5. The number of halogens is 4. The third kappa shape index (κ3) is 3.82. The molecule has 3 N–H and O–H groups in total. The summed E-state index contributed by atoms with van der Waals surface area (Å²) in [5.74, 6) is -1.36. The van der Waals surface area contributed by atoms with Crippen molar-refractivity contribution in [1.82, 2.24) is 4.98 Å². The number of benzene rings is 2. The van der Waals surface area contributed by atoms with Gasteiger partial charge in [0.05, 0.1) is 16.8 Å². The number of carbonyl (C=O) groups excluding carboxylic acids is 2. The fourth-order valence-electron chi connectivity index (χ4n) is 2.72. The second kappa shape index (κ2) is 7.20. The smallest absolute Gasteiger partial charge is 0.416 e. The van der Waals surface area contributed by atoms with Crippen molar-refractivity contribution in [1.29, 1.82) is 0 Å². The van der Waals surface area contributed by atoms with Crippen LogP contribution in [0.1, 0.15) is 38.9 Å². The fourth-order valence-corrected chi connectivity index (χ4v) is 2.80. The Morgan fingerprint density at radius 3 is 2.50 bits per heavy atom. The molecule has 0 bridgehead atoms. The summed E-state index contributed by atoms with van der Waals surface area (Å²) in [6.07, 6.45) is -4.57. The molecule has 9 heteroatoms. The van der Waals surface area contributed by atoms with E-state index in [0.717, 1.165) is 18.2 Å². The molecule has 0 saturated carbocycles. The van der Waals surface area contributed by atoms with Gasteiger partial charge in [0, 0.05) is 16.5 Å². The second-order valence-corrected chi connectivity index (χ2v) is 6.64. The van der Waals surface area contributed by atoms with Crippen LogP contribution in [-0.2, 0) is 10.9 Å². The van der Waals surface area contributed by atoms with E-state index < -0.39 is 29.1 Å². The molecule has 1 aromatic heterocycles. The molecule has 28 heavy (non-hydrogen) atoms. The van der Waals surface area contributed by atoms with Gasteiger partial charge in [-0.05, 0) is 37.3 Å². The third-order valence-corrected chi connectivity index (χ3v) is 4.11. The van der Waals surface area contributed by atoms with E-state index >= 15 is 0 Å². The van der Waals surface area contributed by atoms with Crippen molar-refractivity contribution in [3.8, 4) is 0 Å². The van der Waals surface area contributed by atoms with Crippen molar-refractivity contribution in [3.63, 3.8) is 0 Å². The lowest BCUT2D eigenvalue weighted by Crippen LogP contribution is -2.09. The van der Waals surface area contributed by atoms with Crippen LogP contribution >= 0.6 is 11.6 Å². The highest BCUT2D eigenvalue weighted by Crippen LogP contribution is 2.32. The Labute approximate surface area is 162 Å². The minimum Gasteiger partial charge on any atom is -0.443 e. The Hall–Kier alpha value is -3.00. The molecule has 3 rings (SSSR count). The molecule has 0 radical (unpaired) electrons. The molecule has 2 aromatic carbocycles. The first-order valence-electron chi connectivity index (χ1n) is 8.06. The highest BCUT2D eigenvalue weighted by Gasteiger charge is 2.31. The van der Waals surface area contributed by atoms with Gasteiger partial charge in [-0.3, -0.25) is 4.79 Å². The number of ether oxygens (including phenoxy) is 1. The Balaban J connectivity index is 2.01. The number of carbonyl (C=O) groups is 2. The van der Waals surface area contributed by atoms with Crippen LogP contribution in [0, 0.1) is 0 Å². The maximum absolute atomic E-state index is 12.9. The number of esters is 1. The van der Waals surface area contributed by atoms with Crippen molar-refractivity contribution in [2.75, 3.05) is 5.73 Å². The lowest BCUT2D eigenvalue weighted by atomic mass is 10.0. The molecule has 0 aliphatic heterocycles. The molecule has 5 nitrogen and oxygen atoms in total. The second-order valence-electron chi connectivity index (χ2n) is 6.03. The summed E-state index contributed by atoms with van der Waals surface area (Å²) in [4.78, 5) is 27.4. The third-order valence-electron chi connectivity index (χ3n) is 4.02. The standard InChI is InChI=1S/C19H14ClF3N2O3/c1-9(20)28-18(27)11-5-6-13-14(8-11)25-16(15(13)24)17(26)10-3-2-4-12(7-10)19(21,22)23/h2-9,25H,24H2,1H3. The molecule has 0 amide bonds. The van der Waals surface area contributed by atoms with Crippen molar-refractivity contribution in [3.05, 3.63) is 64.8 Å². The molecule has 1 atom stereocenters. The summed E-state index contributed by atoms with van der Waals surface area (Å²) in [5.41, 5.74) is 4.63. The van der Waals surface area contributed by atoms with Crippen LogP contribution in [0.25, 0.3) is 10.9 Å². The van der Waals surface area contributed by atoms with Crippen LogP contribution in [0.4, 0.5) is 18.9 Å². The summed E-state index contributed by atoms with van der Waals surface area (Å²) in [7, 11) is 0. The number of aromatic amines is 1. The first-order chi connectivity index (χ1) is 13.1. The summed E-state index contributed by atoms with van der Waals surface area (Å²) in [6.45, 7) is 1.48. The minimum atomic E-state index is -4.57. The molecule has 1 unspecified atom stereocenters. The number of nitrogens with one attached hydrogen (secondary N) is 1. The normalized spacial score (nSPS) is 12.8. The molecule has 0 saturated heterocycles. The summed E-state index contributed by atoms with van der Waals surface area (Å²) in [6, 6.07) is 8.45. The monoisotopic (exact) mass is 410 g/mol. The number of ketones is 1. The molecular formula is C19H14ClF3N2O3. The predicted molar refractivity (Wildman–Crippen MR) is 98.3 cm³/mol. The number of fused-ring (bicyclic) bond motifs is 1. The van der Waals surface area contributed by atoms with Crippen molar-refractivity contribution < 1.29 is 27.5 Å². The van der Waals surface area contributed by atoms with E-state index in [0.29, 0.717) is 10.9 Å². The predicted octanol–water partition coefficient (Wildman–Crippen LogP) is 4.74. The lowest BCUT2D eigenvalue weighted by Gasteiger charge is -2.08. The average Bonchev–Trinajstić information content (AvgIpc) is 2.96. The zero-order valence-electron chi connectivity index (χ0n) is 14.4. The number of rotatable bonds is 4. The van der Waals surface area contributed by atoms with Gasteiger partial charge >= 0.3 is 12.1 Å². The van der Waals surface area contributed by atoms with Crippen LogP contribution in [-0.4, -0.2) is 22.3 Å². The number of H-pyrrole nitrogens is 1. The molecular weight excluding hydrogens is 397 g/mol. The van der Waals surface area contributed by atoms with E-state index in [1.165, 1.54) is 31.2 Å². The van der Waals surface area contributed by atoms with Gasteiger partial charge in [0.1, 0.15) is 5.69 Å². The van der Waals surface area contributed by atoms with Crippen LogP contribution in [0.2, 0.25) is 0 Å². The van der Waals surface area contributed by atoms with Crippen LogP contribution in [0.3, 0.4) is 0 Å². The Morgan fingerprint density at radius 2 is 1.86 bits per heavy atom. The molecule has 146 valence electrons. The van der Waals surface area contributed by atoms with Crippen molar-refractivity contribution in [2.45, 2.75) is 18.7 Å². The van der Waals surface area contributed by atoms with Crippen LogP contribution in [0.15, 0.2) is 42.5 Å². The molecule has 0 spiro atoms. The number of nitrogen functional groups attached to an aromatic ring is 1.